The lowest BCUT2D eigenvalue weighted by Crippen LogP contribution is -2.60. The maximum Gasteiger partial charge on any atom is 0.329 e. The van der Waals surface area contributed by atoms with Crippen molar-refractivity contribution in [2.75, 3.05) is 26.9 Å². The number of rotatable bonds is 6. The van der Waals surface area contributed by atoms with Gasteiger partial charge in [0.1, 0.15) is 30.1 Å². The summed E-state index contributed by atoms with van der Waals surface area (Å²) in [6.45, 7) is 14.8. The number of piperidine rings is 1. The van der Waals surface area contributed by atoms with Gasteiger partial charge >= 0.3 is 5.97 Å². The fourth-order valence-electron chi connectivity index (χ4n) is 10.5. The van der Waals surface area contributed by atoms with E-state index in [0.29, 0.717) is 56.4 Å². The van der Waals surface area contributed by atoms with Crippen molar-refractivity contribution in [3.63, 3.8) is 0 Å². The number of fused-ring (bicyclic) bond motifs is 3. The van der Waals surface area contributed by atoms with Gasteiger partial charge in [0.2, 0.25) is 5.79 Å². The normalized spacial score (nSPS) is 37.8. The van der Waals surface area contributed by atoms with Gasteiger partial charge in [0.05, 0.1) is 6.10 Å². The van der Waals surface area contributed by atoms with Crippen molar-refractivity contribution in [2.45, 2.75) is 169 Å². The van der Waals surface area contributed by atoms with E-state index in [-0.39, 0.29) is 73.8 Å². The van der Waals surface area contributed by atoms with Gasteiger partial charge in [-0.2, -0.15) is 0 Å². The zero-order valence-corrected chi connectivity index (χ0v) is 40.7. The number of cyclic esters (lactones) is 1. The van der Waals surface area contributed by atoms with Crippen molar-refractivity contribution in [1.82, 2.24) is 4.90 Å². The van der Waals surface area contributed by atoms with Crippen LogP contribution in [0, 0.1) is 53.3 Å². The van der Waals surface area contributed by atoms with Crippen LogP contribution < -0.4 is 0 Å². The maximum atomic E-state index is 14.4. The van der Waals surface area contributed by atoms with Gasteiger partial charge in [-0.05, 0) is 107 Å². The molecule has 15 atom stereocenters. The minimum Gasteiger partial charge on any atom is -0.460 e. The van der Waals surface area contributed by atoms with Gasteiger partial charge in [0, 0.05) is 57.0 Å². The second-order valence-electron chi connectivity index (χ2n) is 20.3. The summed E-state index contributed by atoms with van der Waals surface area (Å²) >= 11 is 0. The Labute approximate surface area is 388 Å². The fraction of sp³-hybridized carbons (Fsp3) is 0.750. The molecule has 65 heavy (non-hydrogen) atoms. The van der Waals surface area contributed by atoms with Gasteiger partial charge in [0.15, 0.2) is 5.78 Å². The molecular formula is C52H81NO12. The Morgan fingerprint density at radius 2 is 1.60 bits per heavy atom. The number of hydrogen-bond donors (Lipinski definition) is 4. The molecule has 1 amide bonds. The van der Waals surface area contributed by atoms with Crippen LogP contribution in [0.5, 0.6) is 0 Å². The second kappa shape index (κ2) is 25.2. The molecule has 4 rings (SSSR count). The third-order valence-corrected chi connectivity index (χ3v) is 15.2. The highest BCUT2D eigenvalue weighted by atomic mass is 16.6. The van der Waals surface area contributed by atoms with Gasteiger partial charge in [-0.1, -0.05) is 96.4 Å². The molecule has 4 aliphatic rings. The van der Waals surface area contributed by atoms with Crippen LogP contribution in [0.25, 0.3) is 0 Å². The molecule has 2 bridgehead atoms. The van der Waals surface area contributed by atoms with E-state index < -0.39 is 71.7 Å². The molecule has 366 valence electrons. The van der Waals surface area contributed by atoms with E-state index in [4.69, 9.17) is 14.2 Å². The first kappa shape index (κ1) is 54.3. The summed E-state index contributed by atoms with van der Waals surface area (Å²) in [6, 6.07) is -1.13. The monoisotopic (exact) mass is 912 g/mol. The highest BCUT2D eigenvalue weighted by molar-refractivity contribution is 6.39. The van der Waals surface area contributed by atoms with Crippen molar-refractivity contribution in [3.8, 4) is 0 Å². The van der Waals surface area contributed by atoms with E-state index in [1.54, 1.807) is 26.8 Å². The highest BCUT2D eigenvalue weighted by Crippen LogP contribution is 2.39. The standard InChI is InChI=1S/C52H81NO12/c1-31-15-11-10-12-16-32(2)41(30-55)27-42-21-19-38(8)52(62,65-42)49(59)50(60)53-22-14-13-17-43(53)51(61)64-45(35(5)25-39-20-18-33(3)40(26-39)29-54)28-44(56)34(4)24-37(7)47(58)48(63-9)46(57)36(6)23-31/h10-12,15-16,24,31,33-36,38-43,45,47-48,54-55,58,62H,13-14,17-23,25-30H2,1-9H3/t31-,33+,34-,35-,36-,38-,39+,40+,41-,42+,43+,45+,47-,48+,52-/m1/s1. The van der Waals surface area contributed by atoms with Crippen molar-refractivity contribution >= 4 is 29.2 Å². The summed E-state index contributed by atoms with van der Waals surface area (Å²) in [7, 11) is 1.38. The van der Waals surface area contributed by atoms with Crippen molar-refractivity contribution < 1.29 is 58.6 Å². The van der Waals surface area contributed by atoms with Gasteiger partial charge in [-0.25, -0.2) is 4.79 Å². The molecule has 1 aliphatic carbocycles. The molecule has 3 aliphatic heterocycles. The van der Waals surface area contributed by atoms with Gasteiger partial charge in [0.25, 0.3) is 11.7 Å². The van der Waals surface area contributed by atoms with E-state index >= 15 is 0 Å². The molecule has 0 unspecified atom stereocenters. The average Bonchev–Trinajstić information content (AvgIpc) is 3.28. The van der Waals surface area contributed by atoms with E-state index in [1.165, 1.54) is 12.0 Å². The van der Waals surface area contributed by atoms with Gasteiger partial charge in [-0.3, -0.25) is 19.2 Å². The van der Waals surface area contributed by atoms with Gasteiger partial charge in [-0.15, -0.1) is 0 Å². The van der Waals surface area contributed by atoms with Crippen LogP contribution in [0.4, 0.5) is 0 Å². The number of amides is 1. The Hall–Kier alpha value is -3.33. The zero-order chi connectivity index (χ0) is 48.2. The molecule has 3 fully saturated rings. The molecule has 0 spiro atoms. The first-order valence-corrected chi connectivity index (χ1v) is 24.4. The lowest BCUT2D eigenvalue weighted by atomic mass is 9.72. The van der Waals surface area contributed by atoms with Crippen LogP contribution >= 0.6 is 0 Å². The van der Waals surface area contributed by atoms with Crippen LogP contribution in [-0.4, -0.2) is 118 Å². The molecule has 13 heteroatoms. The molecule has 1 saturated carbocycles. The van der Waals surface area contributed by atoms with Crippen LogP contribution in [0.15, 0.2) is 47.6 Å². The average molecular weight is 912 g/mol. The lowest BCUT2D eigenvalue weighted by molar-refractivity contribution is -0.265. The third kappa shape index (κ3) is 14.3. The number of methoxy groups -OCH3 is 1. The molecule has 0 aromatic heterocycles. The number of Topliss-reactive ketones (excluding diaryl/α,β-unsaturated/α-hetero) is 3. The molecule has 0 aromatic carbocycles. The minimum absolute atomic E-state index is 0.0102. The van der Waals surface area contributed by atoms with Crippen LogP contribution in [-0.2, 0) is 38.2 Å². The SMILES string of the molecule is CO[C@H]1C(=O)[C@H](C)C[C@H](C)C=CC=CC=C(C)[C@@H](CO)C[C@@H]2CC[C@@H](C)[C@@](O)(O2)C(=O)C(=O)N2CCCC[C@H]2C(=O)O[C@H]([C@H](C)C[C@@H]2CC[C@H](C)[C@H](CO)C2)CC(=O)[C@H](C)C=C(C)[C@H]1O. The Balaban J connectivity index is 1.70. The molecule has 0 radical (unpaired) electrons. The van der Waals surface area contributed by atoms with Crippen LogP contribution in [0.3, 0.4) is 0 Å². The number of ketones is 3. The highest BCUT2D eigenvalue weighted by Gasteiger charge is 2.53. The largest absolute Gasteiger partial charge is 0.460 e. The Kier molecular flexibility index (Phi) is 21.0. The minimum atomic E-state index is -2.44. The van der Waals surface area contributed by atoms with E-state index in [0.717, 1.165) is 24.8 Å². The number of esters is 1. The van der Waals surface area contributed by atoms with Gasteiger partial charge < -0.3 is 39.5 Å². The first-order chi connectivity index (χ1) is 30.7. The number of allylic oxidation sites excluding steroid dienone is 6. The fourth-order valence-corrected chi connectivity index (χ4v) is 10.5. The van der Waals surface area contributed by atoms with Crippen molar-refractivity contribution in [3.05, 3.63) is 47.6 Å². The van der Waals surface area contributed by atoms with E-state index in [2.05, 4.69) is 6.92 Å². The molecule has 2 saturated heterocycles. The number of aliphatic hydroxyl groups excluding tert-OH is 3. The number of aliphatic hydroxyl groups is 4. The van der Waals surface area contributed by atoms with Crippen molar-refractivity contribution in [2.24, 2.45) is 53.3 Å². The maximum absolute atomic E-state index is 14.4. The quantitative estimate of drug-likeness (QED) is 0.126. The second-order valence-corrected chi connectivity index (χ2v) is 20.3. The van der Waals surface area contributed by atoms with Crippen molar-refractivity contribution in [1.29, 1.82) is 0 Å². The number of carbonyl (C=O) groups excluding carboxylic acids is 5. The predicted octanol–water partition coefficient (Wildman–Crippen LogP) is 6.64. The third-order valence-electron chi connectivity index (χ3n) is 15.2. The predicted molar refractivity (Wildman–Crippen MR) is 248 cm³/mol. The summed E-state index contributed by atoms with van der Waals surface area (Å²) < 4.78 is 18.0. The summed E-state index contributed by atoms with van der Waals surface area (Å²) in [5, 5.41) is 43.8. The molecular weight excluding hydrogens is 831 g/mol. The number of nitrogens with zero attached hydrogens (tertiary/aromatic N) is 1. The topological polar surface area (TPSA) is 197 Å². The summed E-state index contributed by atoms with van der Waals surface area (Å²) in [5.41, 5.74) is 1.25. The number of hydrogen-bond acceptors (Lipinski definition) is 12. The Morgan fingerprint density at radius 1 is 0.877 bits per heavy atom. The van der Waals surface area contributed by atoms with E-state index in [9.17, 15) is 44.4 Å². The number of ether oxygens (including phenoxy) is 3. The molecule has 3 heterocycles. The smallest absolute Gasteiger partial charge is 0.329 e. The molecule has 0 aromatic rings. The molecule has 13 nitrogen and oxygen atoms in total. The summed E-state index contributed by atoms with van der Waals surface area (Å²) in [6.07, 6.45) is 13.3. The Morgan fingerprint density at radius 3 is 2.28 bits per heavy atom. The number of carbonyl (C=O) groups is 5. The first-order valence-electron chi connectivity index (χ1n) is 24.4. The molecule has 4 N–H and O–H groups in total. The summed E-state index contributed by atoms with van der Waals surface area (Å²) in [4.78, 5) is 71.8. The lowest BCUT2D eigenvalue weighted by Gasteiger charge is -2.43. The van der Waals surface area contributed by atoms with Crippen LogP contribution in [0.1, 0.15) is 132 Å². The Bertz CT molecular complexity index is 1750. The summed E-state index contributed by atoms with van der Waals surface area (Å²) in [5.74, 6) is -7.62. The van der Waals surface area contributed by atoms with E-state index in [1.807, 2.05) is 58.1 Å². The van der Waals surface area contributed by atoms with Crippen LogP contribution in [0.2, 0.25) is 0 Å². The zero-order valence-electron chi connectivity index (χ0n) is 40.7.